The van der Waals surface area contributed by atoms with E-state index in [0.29, 0.717) is 19.5 Å². The minimum atomic E-state index is -3.56. The Kier molecular flexibility index (Phi) is 8.20. The van der Waals surface area contributed by atoms with Gasteiger partial charge in [0.2, 0.25) is 0 Å². The molecule has 0 bridgehead atoms. The van der Waals surface area contributed by atoms with Crippen LogP contribution in [0.3, 0.4) is 0 Å². The zero-order valence-corrected chi connectivity index (χ0v) is 20.7. The molecule has 2 heterocycles. The van der Waals surface area contributed by atoms with Crippen molar-refractivity contribution < 1.29 is 13.2 Å². The first-order valence-electron chi connectivity index (χ1n) is 12.0. The molecular formula is C25H35N5O3S. The lowest BCUT2D eigenvalue weighted by Crippen LogP contribution is -2.45. The molecule has 4 rings (SSSR count). The second kappa shape index (κ2) is 11.3. The molecule has 0 amide bonds. The summed E-state index contributed by atoms with van der Waals surface area (Å²) in [5.41, 5.74) is 2.08. The van der Waals surface area contributed by atoms with Crippen molar-refractivity contribution in [3.8, 4) is 5.75 Å². The lowest BCUT2D eigenvalue weighted by atomic mass is 9.98. The van der Waals surface area contributed by atoms with Crippen LogP contribution in [0.15, 0.2) is 59.6 Å². The van der Waals surface area contributed by atoms with E-state index in [9.17, 15) is 8.42 Å². The van der Waals surface area contributed by atoms with Crippen LogP contribution in [0, 0.1) is 0 Å². The van der Waals surface area contributed by atoms with Gasteiger partial charge in [-0.2, -0.15) is 8.42 Å². The van der Waals surface area contributed by atoms with Crippen LogP contribution in [0.25, 0.3) is 0 Å². The number of aliphatic imine (C=N–C) groups is 1. The van der Waals surface area contributed by atoms with Crippen LogP contribution in [0.4, 0.5) is 0 Å². The molecule has 1 saturated heterocycles. The normalized spacial score (nSPS) is 23.0. The van der Waals surface area contributed by atoms with Crippen molar-refractivity contribution >= 4 is 16.0 Å². The van der Waals surface area contributed by atoms with Crippen LogP contribution in [0.1, 0.15) is 43.4 Å². The lowest BCUT2D eigenvalue weighted by molar-refractivity contribution is 0.267. The number of hydrogen-bond acceptors (Lipinski definition) is 6. The van der Waals surface area contributed by atoms with Gasteiger partial charge in [0, 0.05) is 24.7 Å². The van der Waals surface area contributed by atoms with Crippen LogP contribution in [-0.4, -0.2) is 64.5 Å². The van der Waals surface area contributed by atoms with E-state index >= 15 is 0 Å². The zero-order valence-electron chi connectivity index (χ0n) is 19.9. The average molecular weight is 486 g/mol. The van der Waals surface area contributed by atoms with E-state index in [1.54, 1.807) is 7.11 Å². The van der Waals surface area contributed by atoms with Crippen LogP contribution in [0.2, 0.25) is 0 Å². The molecule has 2 aliphatic heterocycles. The Bertz CT molecular complexity index is 1060. The highest BCUT2D eigenvalue weighted by Crippen LogP contribution is 2.30. The number of amidine groups is 1. The molecule has 3 atom stereocenters. The van der Waals surface area contributed by atoms with Gasteiger partial charge in [0.25, 0.3) is 10.2 Å². The fraction of sp³-hybridized carbons (Fsp3) is 0.480. The van der Waals surface area contributed by atoms with Crippen molar-refractivity contribution in [2.24, 2.45) is 4.99 Å². The Hall–Kier alpha value is -2.46. The van der Waals surface area contributed by atoms with Crippen molar-refractivity contribution in [3.05, 3.63) is 65.7 Å². The molecule has 9 heteroatoms. The lowest BCUT2D eigenvalue weighted by Gasteiger charge is -2.23. The number of likely N-dealkylation sites (N-methyl/N-ethyl adjacent to an activating group) is 1. The number of nitrogens with zero attached hydrogens (tertiary/aromatic N) is 2. The molecule has 2 aliphatic rings. The molecule has 0 saturated carbocycles. The summed E-state index contributed by atoms with van der Waals surface area (Å²) in [7, 11) is -1.91. The predicted octanol–water partition coefficient (Wildman–Crippen LogP) is 2.45. The first-order chi connectivity index (χ1) is 16.5. The number of likely N-dealkylation sites (tertiary alicyclic amines) is 1. The minimum absolute atomic E-state index is 0.0308. The number of methoxy groups -OCH3 is 1. The molecule has 3 N–H and O–H groups in total. The van der Waals surface area contributed by atoms with Crippen LogP contribution >= 0.6 is 0 Å². The summed E-state index contributed by atoms with van der Waals surface area (Å²) in [6.45, 7) is 4.87. The van der Waals surface area contributed by atoms with Gasteiger partial charge >= 0.3 is 0 Å². The quantitative estimate of drug-likeness (QED) is 0.455. The maximum Gasteiger partial charge on any atom is 0.276 e. The highest BCUT2D eigenvalue weighted by Gasteiger charge is 2.31. The van der Waals surface area contributed by atoms with Gasteiger partial charge in [-0.05, 0) is 50.0 Å². The van der Waals surface area contributed by atoms with Gasteiger partial charge in [-0.15, -0.1) is 0 Å². The number of nitrogens with one attached hydrogen (secondary N) is 3. The number of rotatable bonds is 11. The molecule has 8 nitrogen and oxygen atoms in total. The standard InChI is InChI=1S/C25H35N5O3S/c1-3-30-17-7-10-21(30)18-27-34(31,32)26-16-15-23-24(19-11-13-22(33-2)14-12-19)29-25(28-23)20-8-5-4-6-9-20/h4-6,8-9,11-14,21,23-24,26-27H,3,7,10,15-18H2,1-2H3,(H,28,29). The first-order valence-corrected chi connectivity index (χ1v) is 13.5. The fourth-order valence-corrected chi connectivity index (χ4v) is 5.66. The fourth-order valence-electron chi connectivity index (χ4n) is 4.76. The van der Waals surface area contributed by atoms with E-state index in [1.165, 1.54) is 0 Å². The third-order valence-electron chi connectivity index (χ3n) is 6.64. The van der Waals surface area contributed by atoms with E-state index in [0.717, 1.165) is 48.6 Å². The topological polar surface area (TPSA) is 95.1 Å². The SMILES string of the molecule is CCN1CCCC1CNS(=O)(=O)NCCC1NC(c2ccccc2)=NC1c1ccc(OC)cc1. The van der Waals surface area contributed by atoms with E-state index in [4.69, 9.17) is 9.73 Å². The molecular weight excluding hydrogens is 450 g/mol. The van der Waals surface area contributed by atoms with Crippen molar-refractivity contribution in [2.75, 3.05) is 33.3 Å². The summed E-state index contributed by atoms with van der Waals surface area (Å²) in [4.78, 5) is 7.28. The van der Waals surface area contributed by atoms with Gasteiger partial charge in [0.15, 0.2) is 0 Å². The largest absolute Gasteiger partial charge is 0.497 e. The maximum atomic E-state index is 12.6. The summed E-state index contributed by atoms with van der Waals surface area (Å²) in [5, 5.41) is 3.52. The van der Waals surface area contributed by atoms with Gasteiger partial charge in [-0.3, -0.25) is 9.89 Å². The third kappa shape index (κ3) is 6.15. The van der Waals surface area contributed by atoms with Crippen molar-refractivity contribution in [1.82, 2.24) is 19.7 Å². The van der Waals surface area contributed by atoms with Crippen LogP contribution in [-0.2, 0) is 10.2 Å². The van der Waals surface area contributed by atoms with E-state index < -0.39 is 10.2 Å². The summed E-state index contributed by atoms with van der Waals surface area (Å²) in [5.74, 6) is 1.62. The summed E-state index contributed by atoms with van der Waals surface area (Å²) in [6, 6.07) is 18.0. The molecule has 2 aromatic rings. The monoisotopic (exact) mass is 485 g/mol. The van der Waals surface area contributed by atoms with Gasteiger partial charge in [0.1, 0.15) is 11.6 Å². The van der Waals surface area contributed by atoms with Crippen LogP contribution in [0.5, 0.6) is 5.75 Å². The van der Waals surface area contributed by atoms with E-state index in [2.05, 4.69) is 26.6 Å². The number of hydrogen-bond donors (Lipinski definition) is 3. The minimum Gasteiger partial charge on any atom is -0.497 e. The summed E-state index contributed by atoms with van der Waals surface area (Å²) >= 11 is 0. The molecule has 0 aromatic heterocycles. The van der Waals surface area contributed by atoms with Gasteiger partial charge in [0.05, 0.1) is 19.2 Å². The smallest absolute Gasteiger partial charge is 0.276 e. The third-order valence-corrected chi connectivity index (χ3v) is 7.77. The molecule has 184 valence electrons. The maximum absolute atomic E-state index is 12.6. The second-order valence-corrected chi connectivity index (χ2v) is 10.4. The first kappa shape index (κ1) is 24.7. The Morgan fingerprint density at radius 3 is 2.59 bits per heavy atom. The number of benzene rings is 2. The molecule has 0 spiro atoms. The van der Waals surface area contributed by atoms with Crippen molar-refractivity contribution in [2.45, 2.75) is 44.3 Å². The van der Waals surface area contributed by atoms with E-state index in [-0.39, 0.29) is 18.1 Å². The highest BCUT2D eigenvalue weighted by atomic mass is 32.2. The summed E-state index contributed by atoms with van der Waals surface area (Å²) in [6.07, 6.45) is 2.75. The molecule has 34 heavy (non-hydrogen) atoms. The molecule has 2 aromatic carbocycles. The highest BCUT2D eigenvalue weighted by molar-refractivity contribution is 7.87. The Morgan fingerprint density at radius 2 is 1.88 bits per heavy atom. The number of ether oxygens (including phenoxy) is 1. The molecule has 1 fully saturated rings. The van der Waals surface area contributed by atoms with Crippen molar-refractivity contribution in [3.63, 3.8) is 0 Å². The Balaban J connectivity index is 1.38. The molecule has 3 unspecified atom stereocenters. The van der Waals surface area contributed by atoms with Gasteiger partial charge < -0.3 is 10.1 Å². The predicted molar refractivity (Wildman–Crippen MR) is 135 cm³/mol. The Morgan fingerprint density at radius 1 is 1.12 bits per heavy atom. The van der Waals surface area contributed by atoms with Crippen LogP contribution < -0.4 is 19.5 Å². The zero-order chi connectivity index (χ0) is 24.0. The van der Waals surface area contributed by atoms with Gasteiger partial charge in [-0.1, -0.05) is 49.4 Å². The average Bonchev–Trinajstić information content (AvgIpc) is 3.50. The summed E-state index contributed by atoms with van der Waals surface area (Å²) < 4.78 is 35.9. The van der Waals surface area contributed by atoms with Gasteiger partial charge in [-0.25, -0.2) is 9.44 Å². The Labute approximate surface area is 203 Å². The molecule has 0 radical (unpaired) electrons. The second-order valence-electron chi connectivity index (χ2n) is 8.77. The van der Waals surface area contributed by atoms with Crippen molar-refractivity contribution in [1.29, 1.82) is 0 Å². The molecule has 0 aliphatic carbocycles. The van der Waals surface area contributed by atoms with E-state index in [1.807, 2.05) is 54.6 Å².